The van der Waals surface area contributed by atoms with Gasteiger partial charge in [-0.15, -0.1) is 0 Å². The monoisotopic (exact) mass is 232 g/mol. The van der Waals surface area contributed by atoms with Crippen molar-refractivity contribution < 1.29 is 4.79 Å². The first kappa shape index (κ1) is 12.6. The van der Waals surface area contributed by atoms with Crippen molar-refractivity contribution in [3.63, 3.8) is 0 Å². The Labute approximate surface area is 105 Å². The van der Waals surface area contributed by atoms with Crippen molar-refractivity contribution in [1.82, 2.24) is 0 Å². The van der Waals surface area contributed by atoms with Crippen LogP contribution in [-0.2, 0) is 4.79 Å². The Morgan fingerprint density at radius 2 is 2.12 bits per heavy atom. The number of hydrogen-bond acceptors (Lipinski definition) is 1. The highest BCUT2D eigenvalue weighted by atomic mass is 16.1. The second-order valence-corrected chi connectivity index (χ2v) is 5.90. The summed E-state index contributed by atoms with van der Waals surface area (Å²) in [6, 6.07) is 0. The molecule has 0 fully saturated rings. The van der Waals surface area contributed by atoms with Crippen molar-refractivity contribution in [2.45, 2.75) is 59.3 Å². The topological polar surface area (TPSA) is 17.1 Å². The van der Waals surface area contributed by atoms with Crippen LogP contribution in [0.3, 0.4) is 0 Å². The molecule has 0 aromatic heterocycles. The molecule has 17 heavy (non-hydrogen) atoms. The van der Waals surface area contributed by atoms with Gasteiger partial charge in [-0.3, -0.25) is 4.79 Å². The molecule has 0 unspecified atom stereocenters. The first-order valence-electron chi connectivity index (χ1n) is 6.95. The van der Waals surface area contributed by atoms with Crippen LogP contribution in [0.1, 0.15) is 59.3 Å². The fourth-order valence-corrected chi connectivity index (χ4v) is 3.24. The SMILES string of the molecule is CC(=O)[C@@]1(C)CCC2=C(/C=C\CCCC2)[C@H]1C. The maximum atomic E-state index is 11.9. The number of hydrogen-bond donors (Lipinski definition) is 0. The molecule has 0 radical (unpaired) electrons. The predicted molar refractivity (Wildman–Crippen MR) is 71.8 cm³/mol. The third-order valence-electron chi connectivity index (χ3n) is 4.98. The van der Waals surface area contributed by atoms with Gasteiger partial charge in [0.15, 0.2) is 0 Å². The minimum Gasteiger partial charge on any atom is -0.299 e. The standard InChI is InChI=1S/C16H24O/c1-12-15-9-7-5-4-6-8-14(15)10-11-16(12,3)13(2)17/h7,9,12H,4-6,8,10-11H2,1-3H3/b9-7-/t12-,16+/m1/s1. The third kappa shape index (κ3) is 2.25. The molecule has 1 heteroatoms. The zero-order chi connectivity index (χ0) is 12.5. The van der Waals surface area contributed by atoms with Crippen LogP contribution in [0.15, 0.2) is 23.3 Å². The summed E-state index contributed by atoms with van der Waals surface area (Å²) >= 11 is 0. The summed E-state index contributed by atoms with van der Waals surface area (Å²) in [5, 5.41) is 0. The third-order valence-corrected chi connectivity index (χ3v) is 4.98. The van der Waals surface area contributed by atoms with Gasteiger partial charge in [0.2, 0.25) is 0 Å². The maximum absolute atomic E-state index is 11.9. The molecule has 94 valence electrons. The number of carbonyl (C=O) groups is 1. The van der Waals surface area contributed by atoms with Gasteiger partial charge in [0.05, 0.1) is 0 Å². The van der Waals surface area contributed by atoms with Crippen LogP contribution in [0.25, 0.3) is 0 Å². The Kier molecular flexibility index (Phi) is 3.56. The summed E-state index contributed by atoms with van der Waals surface area (Å²) in [5.74, 6) is 0.741. The van der Waals surface area contributed by atoms with E-state index in [9.17, 15) is 4.79 Å². The van der Waals surface area contributed by atoms with E-state index in [1.54, 1.807) is 12.5 Å². The molecule has 0 N–H and O–H groups in total. The van der Waals surface area contributed by atoms with Gasteiger partial charge >= 0.3 is 0 Å². The molecule has 2 atom stereocenters. The lowest BCUT2D eigenvalue weighted by Gasteiger charge is -2.40. The number of rotatable bonds is 1. The average Bonchev–Trinajstić information content (AvgIpc) is 2.25. The van der Waals surface area contributed by atoms with Gasteiger partial charge in [-0.25, -0.2) is 0 Å². The molecule has 0 saturated carbocycles. The number of ketones is 1. The Bertz CT molecular complexity index is 375. The molecular formula is C16H24O. The van der Waals surface area contributed by atoms with E-state index in [0.29, 0.717) is 11.7 Å². The molecule has 0 aromatic rings. The van der Waals surface area contributed by atoms with Crippen molar-refractivity contribution in [3.05, 3.63) is 23.3 Å². The van der Waals surface area contributed by atoms with Gasteiger partial charge in [-0.1, -0.05) is 31.6 Å². The molecule has 2 rings (SSSR count). The molecule has 1 nitrogen and oxygen atoms in total. The van der Waals surface area contributed by atoms with Crippen LogP contribution in [0, 0.1) is 11.3 Å². The molecule has 0 saturated heterocycles. The molecule has 0 amide bonds. The van der Waals surface area contributed by atoms with Crippen LogP contribution >= 0.6 is 0 Å². The highest BCUT2D eigenvalue weighted by molar-refractivity contribution is 5.83. The zero-order valence-electron chi connectivity index (χ0n) is 11.4. The van der Waals surface area contributed by atoms with Crippen LogP contribution in [0.2, 0.25) is 0 Å². The Hall–Kier alpha value is -0.850. The van der Waals surface area contributed by atoms with E-state index in [2.05, 4.69) is 26.0 Å². The largest absolute Gasteiger partial charge is 0.299 e. The van der Waals surface area contributed by atoms with Gasteiger partial charge in [-0.05, 0) is 56.9 Å². The lowest BCUT2D eigenvalue weighted by atomic mass is 9.63. The fourth-order valence-electron chi connectivity index (χ4n) is 3.24. The molecule has 2 aliphatic rings. The average molecular weight is 232 g/mol. The number of allylic oxidation sites excluding steroid dienone is 4. The van der Waals surface area contributed by atoms with E-state index >= 15 is 0 Å². The van der Waals surface area contributed by atoms with Crippen LogP contribution in [0.5, 0.6) is 0 Å². The van der Waals surface area contributed by atoms with E-state index in [1.807, 2.05) is 0 Å². The van der Waals surface area contributed by atoms with Gasteiger partial charge in [0.25, 0.3) is 0 Å². The van der Waals surface area contributed by atoms with Crippen LogP contribution in [-0.4, -0.2) is 5.78 Å². The Balaban J connectivity index is 2.35. The Morgan fingerprint density at radius 3 is 2.82 bits per heavy atom. The number of Topliss-reactive ketones (excluding diaryl/α,β-unsaturated/α-hetero) is 1. The van der Waals surface area contributed by atoms with E-state index in [0.717, 1.165) is 12.8 Å². The minimum atomic E-state index is -0.137. The summed E-state index contributed by atoms with van der Waals surface area (Å²) in [6.45, 7) is 6.15. The van der Waals surface area contributed by atoms with Gasteiger partial charge in [-0.2, -0.15) is 0 Å². The van der Waals surface area contributed by atoms with Crippen LogP contribution < -0.4 is 0 Å². The van der Waals surface area contributed by atoms with E-state index in [1.165, 1.54) is 31.3 Å². The number of carbonyl (C=O) groups excluding carboxylic acids is 1. The van der Waals surface area contributed by atoms with E-state index in [4.69, 9.17) is 0 Å². The second kappa shape index (κ2) is 4.80. The molecule has 0 bridgehead atoms. The maximum Gasteiger partial charge on any atom is 0.136 e. The predicted octanol–water partition coefficient (Wildman–Crippen LogP) is 4.44. The molecular weight excluding hydrogens is 208 g/mol. The van der Waals surface area contributed by atoms with E-state index < -0.39 is 0 Å². The van der Waals surface area contributed by atoms with Crippen molar-refractivity contribution >= 4 is 5.78 Å². The summed E-state index contributed by atoms with van der Waals surface area (Å²) in [4.78, 5) is 11.9. The lowest BCUT2D eigenvalue weighted by Crippen LogP contribution is -2.37. The highest BCUT2D eigenvalue weighted by Gasteiger charge is 2.40. The molecule has 0 spiro atoms. The van der Waals surface area contributed by atoms with Gasteiger partial charge in [0.1, 0.15) is 5.78 Å². The summed E-state index contributed by atoms with van der Waals surface area (Å²) in [6.07, 6.45) is 11.8. The van der Waals surface area contributed by atoms with Crippen molar-refractivity contribution in [2.75, 3.05) is 0 Å². The highest BCUT2D eigenvalue weighted by Crippen LogP contribution is 2.46. The molecule has 0 aliphatic heterocycles. The minimum absolute atomic E-state index is 0.137. The fraction of sp³-hybridized carbons (Fsp3) is 0.688. The lowest BCUT2D eigenvalue weighted by molar-refractivity contribution is -0.128. The van der Waals surface area contributed by atoms with Crippen molar-refractivity contribution in [3.8, 4) is 0 Å². The zero-order valence-corrected chi connectivity index (χ0v) is 11.4. The Morgan fingerprint density at radius 1 is 1.35 bits per heavy atom. The smallest absolute Gasteiger partial charge is 0.136 e. The summed E-state index contributed by atoms with van der Waals surface area (Å²) < 4.78 is 0. The quantitative estimate of drug-likeness (QED) is 0.653. The van der Waals surface area contributed by atoms with Gasteiger partial charge < -0.3 is 0 Å². The van der Waals surface area contributed by atoms with E-state index in [-0.39, 0.29) is 5.41 Å². The first-order chi connectivity index (χ1) is 8.05. The van der Waals surface area contributed by atoms with Gasteiger partial charge in [0, 0.05) is 5.41 Å². The molecule has 2 aliphatic carbocycles. The van der Waals surface area contributed by atoms with Crippen molar-refractivity contribution in [1.29, 1.82) is 0 Å². The van der Waals surface area contributed by atoms with Crippen LogP contribution in [0.4, 0.5) is 0 Å². The normalized spacial score (nSPS) is 35.8. The summed E-state index contributed by atoms with van der Waals surface area (Å²) in [7, 11) is 0. The molecule has 0 aromatic carbocycles. The molecule has 0 heterocycles. The summed E-state index contributed by atoms with van der Waals surface area (Å²) in [5.41, 5.74) is 2.95. The van der Waals surface area contributed by atoms with Crippen molar-refractivity contribution in [2.24, 2.45) is 11.3 Å². The second-order valence-electron chi connectivity index (χ2n) is 5.90. The first-order valence-corrected chi connectivity index (χ1v) is 6.95.